The van der Waals surface area contributed by atoms with Crippen molar-refractivity contribution in [3.8, 4) is 0 Å². The fourth-order valence-electron chi connectivity index (χ4n) is 2.25. The number of benzene rings is 1. The van der Waals surface area contributed by atoms with E-state index in [0.717, 1.165) is 6.42 Å². The van der Waals surface area contributed by atoms with Crippen LogP contribution in [0.2, 0.25) is 10.0 Å². The van der Waals surface area contributed by atoms with Crippen molar-refractivity contribution in [1.82, 2.24) is 4.90 Å². The minimum absolute atomic E-state index is 0.139. The molecule has 0 aliphatic carbocycles. The Morgan fingerprint density at radius 2 is 1.94 bits per heavy atom. The third-order valence-electron chi connectivity index (χ3n) is 3.07. The molecule has 0 bridgehead atoms. The summed E-state index contributed by atoms with van der Waals surface area (Å²) in [7, 11) is 0. The molecule has 1 unspecified atom stereocenters. The van der Waals surface area contributed by atoms with E-state index in [2.05, 4.69) is 0 Å². The van der Waals surface area contributed by atoms with E-state index in [-0.39, 0.29) is 5.91 Å². The minimum atomic E-state index is -0.809. The van der Waals surface area contributed by atoms with Crippen LogP contribution in [0.5, 0.6) is 0 Å². The summed E-state index contributed by atoms with van der Waals surface area (Å²) in [6, 6.07) is 4.78. The van der Waals surface area contributed by atoms with Crippen molar-refractivity contribution >= 4 is 29.1 Å². The normalized spacial score (nSPS) is 24.1. The molecule has 5 heteroatoms. The number of likely N-dealkylation sites (tertiary alicyclic amines) is 1. The first-order valence-electron chi connectivity index (χ1n) is 5.85. The number of rotatable bonds is 1. The van der Waals surface area contributed by atoms with Gasteiger partial charge in [0.25, 0.3) is 5.91 Å². The van der Waals surface area contributed by atoms with Crippen molar-refractivity contribution in [3.63, 3.8) is 0 Å². The third-order valence-corrected chi connectivity index (χ3v) is 3.51. The topological polar surface area (TPSA) is 40.5 Å². The lowest BCUT2D eigenvalue weighted by Gasteiger charge is -2.36. The molecule has 1 aliphatic rings. The van der Waals surface area contributed by atoms with Crippen molar-refractivity contribution in [3.05, 3.63) is 33.8 Å². The second-order valence-electron chi connectivity index (χ2n) is 4.99. The number of hydrogen-bond donors (Lipinski definition) is 1. The van der Waals surface area contributed by atoms with Crippen molar-refractivity contribution in [1.29, 1.82) is 0 Å². The zero-order valence-electron chi connectivity index (χ0n) is 10.1. The van der Waals surface area contributed by atoms with Crippen LogP contribution >= 0.6 is 23.2 Å². The average molecular weight is 288 g/mol. The minimum Gasteiger partial charge on any atom is -0.388 e. The quantitative estimate of drug-likeness (QED) is 0.863. The van der Waals surface area contributed by atoms with E-state index in [9.17, 15) is 9.90 Å². The molecule has 1 amide bonds. The molecule has 1 N–H and O–H groups in total. The second kappa shape index (κ2) is 5.08. The molecule has 1 fully saturated rings. The van der Waals surface area contributed by atoms with Gasteiger partial charge in [-0.1, -0.05) is 23.2 Å². The molecule has 0 aromatic heterocycles. The number of nitrogens with zero attached hydrogens (tertiary/aromatic N) is 1. The molecule has 0 radical (unpaired) electrons. The lowest BCUT2D eigenvalue weighted by molar-refractivity contribution is -0.0107. The lowest BCUT2D eigenvalue weighted by Crippen LogP contribution is -2.48. The van der Waals surface area contributed by atoms with Crippen molar-refractivity contribution in [2.75, 3.05) is 13.1 Å². The highest BCUT2D eigenvalue weighted by atomic mass is 35.5. The van der Waals surface area contributed by atoms with Crippen LogP contribution in [0.25, 0.3) is 0 Å². The van der Waals surface area contributed by atoms with Crippen molar-refractivity contribution in [2.24, 2.45) is 0 Å². The zero-order chi connectivity index (χ0) is 13.3. The SMILES string of the molecule is CC1(O)CCCN(C(=O)c2cc(Cl)cc(Cl)c2)C1. The molecule has 1 aromatic rings. The summed E-state index contributed by atoms with van der Waals surface area (Å²) in [4.78, 5) is 13.9. The molecular formula is C13H15Cl2NO2. The van der Waals surface area contributed by atoms with Crippen molar-refractivity contribution in [2.45, 2.75) is 25.4 Å². The van der Waals surface area contributed by atoms with Crippen LogP contribution in [0.15, 0.2) is 18.2 Å². The van der Waals surface area contributed by atoms with E-state index in [0.29, 0.717) is 35.1 Å². The summed E-state index contributed by atoms with van der Waals surface area (Å²) in [5, 5.41) is 10.9. The Kier molecular flexibility index (Phi) is 3.85. The maximum Gasteiger partial charge on any atom is 0.254 e. The van der Waals surface area contributed by atoms with Crippen molar-refractivity contribution < 1.29 is 9.90 Å². The predicted octanol–water partition coefficient (Wildman–Crippen LogP) is 2.98. The Balaban J connectivity index is 2.20. The number of aliphatic hydroxyl groups is 1. The van der Waals surface area contributed by atoms with E-state index < -0.39 is 5.60 Å². The Labute approximate surface area is 116 Å². The number of β-amino-alcohol motifs (C(OH)–C–C–N with tert-alkyl or cyclic N) is 1. The van der Waals surface area contributed by atoms with Crippen LogP contribution in [0.3, 0.4) is 0 Å². The number of piperidine rings is 1. The van der Waals surface area contributed by atoms with Gasteiger partial charge in [-0.05, 0) is 38.0 Å². The molecule has 98 valence electrons. The van der Waals surface area contributed by atoms with Gasteiger partial charge in [0, 0.05) is 28.7 Å². The van der Waals surface area contributed by atoms with Gasteiger partial charge >= 0.3 is 0 Å². The fraction of sp³-hybridized carbons (Fsp3) is 0.462. The van der Waals surface area contributed by atoms with Gasteiger partial charge < -0.3 is 10.0 Å². The van der Waals surface area contributed by atoms with E-state index in [1.165, 1.54) is 0 Å². The van der Waals surface area contributed by atoms with E-state index in [1.807, 2.05) is 0 Å². The van der Waals surface area contributed by atoms with Gasteiger partial charge in [0.15, 0.2) is 0 Å². The van der Waals surface area contributed by atoms with Gasteiger partial charge in [0.1, 0.15) is 0 Å². The summed E-state index contributed by atoms with van der Waals surface area (Å²) in [6.07, 6.45) is 1.51. The fourth-order valence-corrected chi connectivity index (χ4v) is 2.78. The Morgan fingerprint density at radius 3 is 2.50 bits per heavy atom. The van der Waals surface area contributed by atoms with Crippen LogP contribution in [0, 0.1) is 0 Å². The number of carbonyl (C=O) groups is 1. The predicted molar refractivity (Wildman–Crippen MR) is 72.2 cm³/mol. The molecule has 3 nitrogen and oxygen atoms in total. The monoisotopic (exact) mass is 287 g/mol. The summed E-state index contributed by atoms with van der Waals surface area (Å²) < 4.78 is 0. The average Bonchev–Trinajstić information content (AvgIpc) is 2.25. The number of halogens is 2. The van der Waals surface area contributed by atoms with Gasteiger partial charge in [0.2, 0.25) is 0 Å². The van der Waals surface area contributed by atoms with Crippen LogP contribution in [-0.2, 0) is 0 Å². The molecule has 1 heterocycles. The second-order valence-corrected chi connectivity index (χ2v) is 5.86. The van der Waals surface area contributed by atoms with E-state index in [4.69, 9.17) is 23.2 Å². The first kappa shape index (κ1) is 13.7. The largest absolute Gasteiger partial charge is 0.388 e. The standard InChI is InChI=1S/C13H15Cl2NO2/c1-13(18)3-2-4-16(8-13)12(17)9-5-10(14)7-11(15)6-9/h5-7,18H,2-4,8H2,1H3. The van der Waals surface area contributed by atoms with Gasteiger partial charge in [-0.25, -0.2) is 0 Å². The molecule has 18 heavy (non-hydrogen) atoms. The van der Waals surface area contributed by atoms with Crippen LogP contribution < -0.4 is 0 Å². The molecule has 0 saturated carbocycles. The number of hydrogen-bond acceptors (Lipinski definition) is 2. The maximum atomic E-state index is 12.3. The molecule has 1 saturated heterocycles. The first-order valence-corrected chi connectivity index (χ1v) is 6.61. The van der Waals surface area contributed by atoms with Gasteiger partial charge in [0.05, 0.1) is 5.60 Å². The third kappa shape index (κ3) is 3.16. The number of amides is 1. The highest BCUT2D eigenvalue weighted by Crippen LogP contribution is 2.24. The molecular weight excluding hydrogens is 273 g/mol. The van der Waals surface area contributed by atoms with E-state index in [1.54, 1.807) is 30.0 Å². The summed E-state index contributed by atoms with van der Waals surface area (Å²) in [5.74, 6) is -0.139. The molecule has 0 spiro atoms. The molecule has 1 aromatic carbocycles. The Hall–Kier alpha value is -0.770. The van der Waals surface area contributed by atoms with Gasteiger partial charge in [-0.15, -0.1) is 0 Å². The van der Waals surface area contributed by atoms with Gasteiger partial charge in [-0.3, -0.25) is 4.79 Å². The molecule has 1 aliphatic heterocycles. The van der Waals surface area contributed by atoms with Crippen LogP contribution in [0.4, 0.5) is 0 Å². The summed E-state index contributed by atoms with van der Waals surface area (Å²) in [5.41, 5.74) is -0.346. The maximum absolute atomic E-state index is 12.3. The highest BCUT2D eigenvalue weighted by Gasteiger charge is 2.31. The lowest BCUT2D eigenvalue weighted by atomic mass is 9.94. The van der Waals surface area contributed by atoms with Crippen LogP contribution in [-0.4, -0.2) is 34.6 Å². The molecule has 2 rings (SSSR count). The van der Waals surface area contributed by atoms with E-state index >= 15 is 0 Å². The zero-order valence-corrected chi connectivity index (χ0v) is 11.6. The van der Waals surface area contributed by atoms with Gasteiger partial charge in [-0.2, -0.15) is 0 Å². The molecule has 1 atom stereocenters. The summed E-state index contributed by atoms with van der Waals surface area (Å²) >= 11 is 11.8. The number of carbonyl (C=O) groups excluding carboxylic acids is 1. The Morgan fingerprint density at radius 1 is 1.33 bits per heavy atom. The first-order chi connectivity index (χ1) is 8.37. The summed E-state index contributed by atoms with van der Waals surface area (Å²) in [6.45, 7) is 2.74. The Bertz CT molecular complexity index is 454. The smallest absolute Gasteiger partial charge is 0.254 e. The highest BCUT2D eigenvalue weighted by molar-refractivity contribution is 6.35. The van der Waals surface area contributed by atoms with Crippen LogP contribution in [0.1, 0.15) is 30.1 Å².